The topological polar surface area (TPSA) is 87.4 Å². The summed E-state index contributed by atoms with van der Waals surface area (Å²) in [6.07, 6.45) is 1.38. The molecule has 5 heteroatoms. The van der Waals surface area contributed by atoms with Crippen molar-refractivity contribution in [3.63, 3.8) is 0 Å². The van der Waals surface area contributed by atoms with Crippen molar-refractivity contribution in [3.8, 4) is 0 Å². The summed E-state index contributed by atoms with van der Waals surface area (Å²) in [4.78, 5) is 12.2. The monoisotopic (exact) mass is 349 g/mol. The number of aliphatic hydroxyl groups is 1. The van der Waals surface area contributed by atoms with E-state index in [2.05, 4.69) is 24.5 Å². The maximum Gasteiger partial charge on any atom is 0.315 e. The van der Waals surface area contributed by atoms with Crippen LogP contribution in [0.25, 0.3) is 0 Å². The SMILES string of the molecule is CC(C)CCC(NC(=O)NC(C)(C)C)[C@H](O)[C@H](N)Cc1ccccc1. The van der Waals surface area contributed by atoms with Gasteiger partial charge in [0.2, 0.25) is 0 Å². The van der Waals surface area contributed by atoms with E-state index in [4.69, 9.17) is 5.73 Å². The molecule has 0 saturated heterocycles. The molecule has 0 aliphatic heterocycles. The van der Waals surface area contributed by atoms with Crippen LogP contribution in [0.5, 0.6) is 0 Å². The normalized spacial score (nSPS) is 15.5. The second kappa shape index (κ2) is 9.78. The molecule has 0 heterocycles. The van der Waals surface area contributed by atoms with Crippen LogP contribution in [0, 0.1) is 5.92 Å². The van der Waals surface area contributed by atoms with Crippen molar-refractivity contribution in [1.29, 1.82) is 0 Å². The van der Waals surface area contributed by atoms with Crippen molar-refractivity contribution >= 4 is 6.03 Å². The molecular formula is C20H35N3O2. The van der Waals surface area contributed by atoms with Crippen LogP contribution >= 0.6 is 0 Å². The minimum absolute atomic E-state index is 0.271. The lowest BCUT2D eigenvalue weighted by molar-refractivity contribution is 0.0962. The van der Waals surface area contributed by atoms with Crippen LogP contribution in [0.2, 0.25) is 0 Å². The van der Waals surface area contributed by atoms with E-state index in [0.29, 0.717) is 18.8 Å². The number of hydrogen-bond acceptors (Lipinski definition) is 3. The van der Waals surface area contributed by atoms with Crippen molar-refractivity contribution in [1.82, 2.24) is 10.6 Å². The minimum atomic E-state index is -0.801. The summed E-state index contributed by atoms with van der Waals surface area (Å²) in [5.41, 5.74) is 6.99. The molecule has 0 aromatic heterocycles. The summed E-state index contributed by atoms with van der Waals surface area (Å²) < 4.78 is 0. The highest BCUT2D eigenvalue weighted by Gasteiger charge is 2.28. The third-order valence-electron chi connectivity index (χ3n) is 4.03. The maximum absolute atomic E-state index is 12.2. The van der Waals surface area contributed by atoms with Gasteiger partial charge in [-0.15, -0.1) is 0 Å². The molecular weight excluding hydrogens is 314 g/mol. The van der Waals surface area contributed by atoms with Crippen LogP contribution in [0.1, 0.15) is 53.0 Å². The molecule has 2 amide bonds. The van der Waals surface area contributed by atoms with Gasteiger partial charge in [-0.2, -0.15) is 0 Å². The highest BCUT2D eigenvalue weighted by atomic mass is 16.3. The zero-order valence-corrected chi connectivity index (χ0v) is 16.3. The van der Waals surface area contributed by atoms with Crippen LogP contribution in [-0.4, -0.2) is 34.9 Å². The van der Waals surface area contributed by atoms with E-state index < -0.39 is 12.1 Å². The predicted octanol–water partition coefficient (Wildman–Crippen LogP) is 2.82. The van der Waals surface area contributed by atoms with Gasteiger partial charge in [0.1, 0.15) is 0 Å². The molecule has 0 spiro atoms. The van der Waals surface area contributed by atoms with Gasteiger partial charge in [0.25, 0.3) is 0 Å². The zero-order valence-electron chi connectivity index (χ0n) is 16.3. The average molecular weight is 350 g/mol. The fourth-order valence-electron chi connectivity index (χ4n) is 2.69. The van der Waals surface area contributed by atoms with Gasteiger partial charge < -0.3 is 21.5 Å². The van der Waals surface area contributed by atoms with E-state index in [1.807, 2.05) is 51.1 Å². The number of benzene rings is 1. The third kappa shape index (κ3) is 8.89. The molecule has 25 heavy (non-hydrogen) atoms. The molecule has 0 bridgehead atoms. The number of carbonyl (C=O) groups excluding carboxylic acids is 1. The van der Waals surface area contributed by atoms with E-state index in [0.717, 1.165) is 12.0 Å². The van der Waals surface area contributed by atoms with Crippen molar-refractivity contribution in [2.45, 2.75) is 77.6 Å². The molecule has 5 N–H and O–H groups in total. The molecule has 1 rings (SSSR count). The molecule has 142 valence electrons. The Morgan fingerprint density at radius 2 is 1.76 bits per heavy atom. The predicted molar refractivity (Wildman–Crippen MR) is 103 cm³/mol. The smallest absolute Gasteiger partial charge is 0.315 e. The Morgan fingerprint density at radius 3 is 2.28 bits per heavy atom. The fraction of sp³-hybridized carbons (Fsp3) is 0.650. The van der Waals surface area contributed by atoms with Crippen LogP contribution in [-0.2, 0) is 6.42 Å². The van der Waals surface area contributed by atoms with Crippen LogP contribution in [0.15, 0.2) is 30.3 Å². The molecule has 0 aliphatic carbocycles. The van der Waals surface area contributed by atoms with Gasteiger partial charge >= 0.3 is 6.03 Å². The highest BCUT2D eigenvalue weighted by molar-refractivity contribution is 5.75. The first-order chi connectivity index (χ1) is 11.6. The van der Waals surface area contributed by atoms with Gasteiger partial charge in [-0.05, 0) is 51.5 Å². The quantitative estimate of drug-likeness (QED) is 0.582. The summed E-state index contributed by atoms with van der Waals surface area (Å²) in [5, 5.41) is 16.5. The number of amides is 2. The first kappa shape index (κ1) is 21.5. The van der Waals surface area contributed by atoms with Gasteiger partial charge in [-0.3, -0.25) is 0 Å². The van der Waals surface area contributed by atoms with Gasteiger partial charge in [0, 0.05) is 11.6 Å². The fourth-order valence-corrected chi connectivity index (χ4v) is 2.69. The molecule has 0 saturated carbocycles. The Hall–Kier alpha value is -1.59. The summed E-state index contributed by atoms with van der Waals surface area (Å²) >= 11 is 0. The molecule has 0 radical (unpaired) electrons. The summed E-state index contributed by atoms with van der Waals surface area (Å²) in [6, 6.07) is 8.78. The van der Waals surface area contributed by atoms with Crippen LogP contribution in [0.3, 0.4) is 0 Å². The van der Waals surface area contributed by atoms with Crippen LogP contribution in [0.4, 0.5) is 4.79 Å². The highest BCUT2D eigenvalue weighted by Crippen LogP contribution is 2.14. The molecule has 5 nitrogen and oxygen atoms in total. The first-order valence-corrected chi connectivity index (χ1v) is 9.14. The molecule has 0 fully saturated rings. The Kier molecular flexibility index (Phi) is 8.39. The minimum Gasteiger partial charge on any atom is -0.389 e. The van der Waals surface area contributed by atoms with Crippen molar-refractivity contribution in [2.24, 2.45) is 11.7 Å². The number of nitrogens with two attached hydrogens (primary N) is 1. The lowest BCUT2D eigenvalue weighted by Gasteiger charge is -2.30. The van der Waals surface area contributed by atoms with Crippen LogP contribution < -0.4 is 16.4 Å². The van der Waals surface area contributed by atoms with E-state index in [9.17, 15) is 9.90 Å². The second-order valence-electron chi connectivity index (χ2n) is 8.27. The third-order valence-corrected chi connectivity index (χ3v) is 4.03. The summed E-state index contributed by atoms with van der Waals surface area (Å²) in [7, 11) is 0. The van der Waals surface area contributed by atoms with Gasteiger partial charge in [-0.25, -0.2) is 4.79 Å². The lowest BCUT2D eigenvalue weighted by atomic mass is 9.92. The Labute approximate surface area is 152 Å². The van der Waals surface area contributed by atoms with E-state index in [1.54, 1.807) is 0 Å². The number of rotatable bonds is 8. The molecule has 1 aromatic rings. The summed E-state index contributed by atoms with van der Waals surface area (Å²) in [5.74, 6) is 0.493. The first-order valence-electron chi connectivity index (χ1n) is 9.14. The Morgan fingerprint density at radius 1 is 1.16 bits per heavy atom. The number of nitrogens with one attached hydrogen (secondary N) is 2. The number of hydrogen-bond donors (Lipinski definition) is 4. The van der Waals surface area contributed by atoms with Gasteiger partial charge in [0.15, 0.2) is 0 Å². The second-order valence-corrected chi connectivity index (χ2v) is 8.27. The van der Waals surface area contributed by atoms with E-state index in [1.165, 1.54) is 0 Å². The molecule has 0 aliphatic rings. The van der Waals surface area contributed by atoms with Gasteiger partial charge in [-0.1, -0.05) is 44.2 Å². The lowest BCUT2D eigenvalue weighted by Crippen LogP contribution is -2.56. The maximum atomic E-state index is 12.2. The summed E-state index contributed by atoms with van der Waals surface area (Å²) in [6.45, 7) is 10.0. The molecule has 1 unspecified atom stereocenters. The van der Waals surface area contributed by atoms with E-state index >= 15 is 0 Å². The molecule has 3 atom stereocenters. The number of urea groups is 1. The number of carbonyl (C=O) groups is 1. The Bertz CT molecular complexity index is 511. The largest absolute Gasteiger partial charge is 0.389 e. The van der Waals surface area contributed by atoms with Crippen molar-refractivity contribution in [3.05, 3.63) is 35.9 Å². The van der Waals surface area contributed by atoms with E-state index in [-0.39, 0.29) is 17.6 Å². The van der Waals surface area contributed by atoms with Gasteiger partial charge in [0.05, 0.1) is 12.1 Å². The van der Waals surface area contributed by atoms with Crippen molar-refractivity contribution < 1.29 is 9.90 Å². The number of aliphatic hydroxyl groups excluding tert-OH is 1. The molecule has 1 aromatic carbocycles. The standard InChI is InChI=1S/C20H35N3O2/c1-14(2)11-12-17(22-19(25)23-20(3,4)5)18(24)16(21)13-15-9-7-6-8-10-15/h6-10,14,16-18,24H,11-13,21H2,1-5H3,(H2,22,23,25)/t16-,17?,18-/m1/s1. The zero-order chi connectivity index (χ0) is 19.0. The Balaban J connectivity index is 2.73. The average Bonchev–Trinajstić information content (AvgIpc) is 2.49. The van der Waals surface area contributed by atoms with Crippen molar-refractivity contribution in [2.75, 3.05) is 0 Å².